The predicted octanol–water partition coefficient (Wildman–Crippen LogP) is 1.96. The van der Waals surface area contributed by atoms with Crippen molar-refractivity contribution >= 4 is 33.2 Å². The van der Waals surface area contributed by atoms with Crippen molar-refractivity contribution in [2.24, 2.45) is 0 Å². The molecule has 0 heterocycles. The third-order valence-electron chi connectivity index (χ3n) is 2.09. The van der Waals surface area contributed by atoms with Gasteiger partial charge in [-0.2, -0.15) is 0 Å². The molecular formula is C11H13BrN2O5. The molecule has 0 saturated heterocycles. The average Bonchev–Trinajstić information content (AvgIpc) is 2.36. The first-order chi connectivity index (χ1) is 9.04. The number of methoxy groups -OCH3 is 1. The van der Waals surface area contributed by atoms with Gasteiger partial charge in [-0.1, -0.05) is 0 Å². The first-order valence-corrected chi connectivity index (χ1v) is 6.14. The minimum absolute atomic E-state index is 0.113. The van der Waals surface area contributed by atoms with Crippen molar-refractivity contribution in [3.8, 4) is 0 Å². The molecule has 0 aliphatic rings. The Morgan fingerprint density at radius 3 is 2.84 bits per heavy atom. The zero-order valence-electron chi connectivity index (χ0n) is 10.2. The highest BCUT2D eigenvalue weighted by molar-refractivity contribution is 9.10. The Kier molecular flexibility index (Phi) is 6.40. The summed E-state index contributed by atoms with van der Waals surface area (Å²) in [6.45, 7) is 0.578. The van der Waals surface area contributed by atoms with Gasteiger partial charge in [-0.25, -0.2) is 0 Å². The molecule has 0 fully saturated rings. The van der Waals surface area contributed by atoms with E-state index in [9.17, 15) is 14.9 Å². The number of hydrogen-bond donors (Lipinski definition) is 1. The quantitative estimate of drug-likeness (QED) is 0.468. The molecule has 0 bridgehead atoms. The summed E-state index contributed by atoms with van der Waals surface area (Å²) in [6.07, 6.45) is 0. The number of ether oxygens (including phenoxy) is 2. The lowest BCUT2D eigenvalue weighted by molar-refractivity contribution is -0.385. The number of nitrogens with one attached hydrogen (secondary N) is 1. The van der Waals surface area contributed by atoms with Gasteiger partial charge in [-0.15, -0.1) is 0 Å². The number of hydrogen-bond acceptors (Lipinski definition) is 5. The molecule has 1 amide bonds. The molecule has 0 aromatic heterocycles. The van der Waals surface area contributed by atoms with E-state index in [4.69, 9.17) is 9.47 Å². The molecule has 0 aliphatic heterocycles. The zero-order chi connectivity index (χ0) is 14.3. The van der Waals surface area contributed by atoms with Crippen LogP contribution in [0.1, 0.15) is 0 Å². The number of nitro groups is 1. The molecule has 8 heteroatoms. The highest BCUT2D eigenvalue weighted by Gasteiger charge is 2.13. The van der Waals surface area contributed by atoms with Crippen LogP contribution in [0.25, 0.3) is 0 Å². The van der Waals surface area contributed by atoms with Crippen LogP contribution in [0.5, 0.6) is 0 Å². The molecule has 0 atom stereocenters. The molecule has 0 radical (unpaired) electrons. The zero-order valence-corrected chi connectivity index (χ0v) is 11.8. The minimum Gasteiger partial charge on any atom is -0.382 e. The van der Waals surface area contributed by atoms with Gasteiger partial charge in [0.25, 0.3) is 5.69 Å². The van der Waals surface area contributed by atoms with Crippen molar-refractivity contribution in [1.29, 1.82) is 0 Å². The summed E-state index contributed by atoms with van der Waals surface area (Å²) >= 11 is 3.06. The van der Waals surface area contributed by atoms with Crippen molar-refractivity contribution in [3.05, 3.63) is 32.8 Å². The Labute approximate surface area is 118 Å². The van der Waals surface area contributed by atoms with E-state index in [1.54, 1.807) is 6.07 Å². The normalized spacial score (nSPS) is 10.2. The van der Waals surface area contributed by atoms with Gasteiger partial charge in [0.15, 0.2) is 0 Å². The molecule has 104 valence electrons. The van der Waals surface area contributed by atoms with Gasteiger partial charge in [-0.3, -0.25) is 14.9 Å². The first-order valence-electron chi connectivity index (χ1n) is 5.35. The summed E-state index contributed by atoms with van der Waals surface area (Å²) < 4.78 is 10.1. The topological polar surface area (TPSA) is 90.7 Å². The van der Waals surface area contributed by atoms with E-state index in [1.807, 2.05) is 0 Å². The van der Waals surface area contributed by atoms with E-state index >= 15 is 0 Å². The monoisotopic (exact) mass is 332 g/mol. The largest absolute Gasteiger partial charge is 0.382 e. The third-order valence-corrected chi connectivity index (χ3v) is 2.76. The van der Waals surface area contributed by atoms with Gasteiger partial charge in [0, 0.05) is 18.9 Å². The lowest BCUT2D eigenvalue weighted by atomic mass is 10.3. The Morgan fingerprint density at radius 2 is 2.21 bits per heavy atom. The number of halogens is 1. The number of nitro benzene ring substituents is 1. The SMILES string of the molecule is COCCOCC(=O)Nc1ccc(Br)c([N+](=O)[O-])c1. The summed E-state index contributed by atoms with van der Waals surface area (Å²) in [5.74, 6) is -0.382. The number of rotatable bonds is 7. The van der Waals surface area contributed by atoms with Crippen LogP contribution in [-0.4, -0.2) is 37.8 Å². The second-order valence-corrected chi connectivity index (χ2v) is 4.37. The Balaban J connectivity index is 2.55. The van der Waals surface area contributed by atoms with Crippen molar-refractivity contribution in [2.75, 3.05) is 32.2 Å². The van der Waals surface area contributed by atoms with Crippen LogP contribution in [-0.2, 0) is 14.3 Å². The van der Waals surface area contributed by atoms with E-state index in [0.717, 1.165) is 0 Å². The maximum atomic E-state index is 11.5. The van der Waals surface area contributed by atoms with E-state index in [2.05, 4.69) is 21.2 Å². The van der Waals surface area contributed by atoms with Crippen LogP contribution < -0.4 is 5.32 Å². The number of anilines is 1. The Hall–Kier alpha value is -1.51. The van der Waals surface area contributed by atoms with E-state index in [0.29, 0.717) is 23.4 Å². The fourth-order valence-electron chi connectivity index (χ4n) is 1.23. The summed E-state index contributed by atoms with van der Waals surface area (Å²) in [5, 5.41) is 13.2. The fourth-order valence-corrected chi connectivity index (χ4v) is 1.63. The molecular weight excluding hydrogens is 320 g/mol. The standard InChI is InChI=1S/C11H13BrN2O5/c1-18-4-5-19-7-11(15)13-8-2-3-9(12)10(6-8)14(16)17/h2-3,6H,4-5,7H2,1H3,(H,13,15). The molecule has 0 aliphatic carbocycles. The van der Waals surface area contributed by atoms with E-state index in [1.165, 1.54) is 19.2 Å². The van der Waals surface area contributed by atoms with Crippen molar-refractivity contribution in [3.63, 3.8) is 0 Å². The number of benzene rings is 1. The van der Waals surface area contributed by atoms with Gasteiger partial charge in [-0.05, 0) is 28.1 Å². The summed E-state index contributed by atoms with van der Waals surface area (Å²) in [5.41, 5.74) is 0.230. The molecule has 0 spiro atoms. The van der Waals surface area contributed by atoms with Crippen molar-refractivity contribution < 1.29 is 19.2 Å². The van der Waals surface area contributed by atoms with Gasteiger partial charge in [0.1, 0.15) is 6.61 Å². The smallest absolute Gasteiger partial charge is 0.285 e. The Morgan fingerprint density at radius 1 is 1.47 bits per heavy atom. The van der Waals surface area contributed by atoms with Crippen molar-refractivity contribution in [1.82, 2.24) is 0 Å². The highest BCUT2D eigenvalue weighted by atomic mass is 79.9. The van der Waals surface area contributed by atoms with Gasteiger partial charge in [0.2, 0.25) is 5.91 Å². The van der Waals surface area contributed by atoms with Crippen LogP contribution in [0.15, 0.2) is 22.7 Å². The second-order valence-electron chi connectivity index (χ2n) is 3.52. The predicted molar refractivity (Wildman–Crippen MR) is 72.1 cm³/mol. The number of amides is 1. The highest BCUT2D eigenvalue weighted by Crippen LogP contribution is 2.27. The summed E-state index contributed by atoms with van der Waals surface area (Å²) in [4.78, 5) is 21.7. The van der Waals surface area contributed by atoms with E-state index in [-0.39, 0.29) is 18.2 Å². The first kappa shape index (κ1) is 15.5. The molecule has 1 rings (SSSR count). The average molecular weight is 333 g/mol. The molecule has 1 N–H and O–H groups in total. The molecule has 7 nitrogen and oxygen atoms in total. The van der Waals surface area contributed by atoms with Gasteiger partial charge >= 0.3 is 0 Å². The van der Waals surface area contributed by atoms with Crippen LogP contribution >= 0.6 is 15.9 Å². The maximum absolute atomic E-state index is 11.5. The minimum atomic E-state index is -0.533. The fraction of sp³-hybridized carbons (Fsp3) is 0.364. The number of carbonyl (C=O) groups is 1. The van der Waals surface area contributed by atoms with Crippen LogP contribution in [0.2, 0.25) is 0 Å². The Bertz CT molecular complexity index is 466. The summed E-state index contributed by atoms with van der Waals surface area (Å²) in [6, 6.07) is 4.33. The molecule has 19 heavy (non-hydrogen) atoms. The van der Waals surface area contributed by atoms with Crippen LogP contribution in [0.4, 0.5) is 11.4 Å². The third kappa shape index (κ3) is 5.33. The van der Waals surface area contributed by atoms with Gasteiger partial charge < -0.3 is 14.8 Å². The van der Waals surface area contributed by atoms with Crippen LogP contribution in [0, 0.1) is 10.1 Å². The lowest BCUT2D eigenvalue weighted by Crippen LogP contribution is -2.19. The number of carbonyl (C=O) groups excluding carboxylic acids is 1. The second kappa shape index (κ2) is 7.82. The van der Waals surface area contributed by atoms with E-state index < -0.39 is 4.92 Å². The number of nitrogens with zero attached hydrogens (tertiary/aromatic N) is 1. The summed E-state index contributed by atoms with van der Waals surface area (Å²) in [7, 11) is 1.53. The molecule has 0 saturated carbocycles. The molecule has 1 aromatic rings. The lowest BCUT2D eigenvalue weighted by Gasteiger charge is -2.06. The van der Waals surface area contributed by atoms with Gasteiger partial charge in [0.05, 0.1) is 22.6 Å². The van der Waals surface area contributed by atoms with Crippen molar-refractivity contribution in [2.45, 2.75) is 0 Å². The van der Waals surface area contributed by atoms with Crippen LogP contribution in [0.3, 0.4) is 0 Å². The molecule has 0 unspecified atom stereocenters. The maximum Gasteiger partial charge on any atom is 0.285 e. The molecule has 1 aromatic carbocycles.